The molecule has 2 aromatic carbocycles. The van der Waals surface area contributed by atoms with Crippen molar-refractivity contribution >= 4 is 10.9 Å². The van der Waals surface area contributed by atoms with Gasteiger partial charge in [0.25, 0.3) is 0 Å². The molecule has 0 unspecified atom stereocenters. The molecule has 0 fully saturated rings. The maximum Gasteiger partial charge on any atom is 0.135 e. The fourth-order valence-electron chi connectivity index (χ4n) is 3.03. The summed E-state index contributed by atoms with van der Waals surface area (Å²) in [6.07, 6.45) is 3.50. The molecule has 0 radical (unpaired) electrons. The zero-order valence-corrected chi connectivity index (χ0v) is 18.6. The number of nitrogens with zero attached hydrogens (tertiary/aromatic N) is 3. The molecule has 0 atom stereocenters. The van der Waals surface area contributed by atoms with Gasteiger partial charge in [0.1, 0.15) is 17.3 Å². The number of benzene rings is 2. The Kier molecular flexibility index (Phi) is 5.88. The maximum atomic E-state index is 5.21. The maximum absolute atomic E-state index is 5.21. The molecule has 0 saturated heterocycles. The van der Waals surface area contributed by atoms with E-state index in [1.165, 1.54) is 0 Å². The molecule has 0 aliphatic carbocycles. The van der Waals surface area contributed by atoms with E-state index in [9.17, 15) is 0 Å². The number of hydrogen-bond donors (Lipinski definition) is 0. The number of pyridine rings is 1. The Morgan fingerprint density at radius 1 is 0.750 bits per heavy atom. The largest absolute Gasteiger partial charge is 0.497 e. The van der Waals surface area contributed by atoms with E-state index in [1.807, 2.05) is 54.6 Å². The first-order valence-corrected chi connectivity index (χ1v) is 10.3. The predicted molar refractivity (Wildman–Crippen MR) is 127 cm³/mol. The van der Waals surface area contributed by atoms with Gasteiger partial charge >= 0.3 is 0 Å². The van der Waals surface area contributed by atoms with Gasteiger partial charge in [-0.05, 0) is 42.3 Å². The van der Waals surface area contributed by atoms with Crippen LogP contribution in [0, 0.1) is 23.7 Å². The summed E-state index contributed by atoms with van der Waals surface area (Å²) < 4.78 is 5.21. The lowest BCUT2D eigenvalue weighted by Gasteiger charge is -2.17. The topological polar surface area (TPSA) is 47.9 Å². The summed E-state index contributed by atoms with van der Waals surface area (Å²) >= 11 is 0. The van der Waals surface area contributed by atoms with Crippen molar-refractivity contribution in [2.75, 3.05) is 7.11 Å². The molecule has 4 aromatic rings. The Morgan fingerprint density at radius 3 is 2.12 bits per heavy atom. The number of hydrogen-bond acceptors (Lipinski definition) is 4. The van der Waals surface area contributed by atoms with E-state index in [0.717, 1.165) is 39.2 Å². The van der Waals surface area contributed by atoms with E-state index in [-0.39, 0.29) is 5.41 Å². The van der Waals surface area contributed by atoms with Crippen LogP contribution in [0.4, 0.5) is 0 Å². The second kappa shape index (κ2) is 8.92. The predicted octanol–water partition coefficient (Wildman–Crippen LogP) is 5.13. The minimum absolute atomic E-state index is 0.235. The summed E-state index contributed by atoms with van der Waals surface area (Å²) in [4.78, 5) is 14.0. The van der Waals surface area contributed by atoms with Crippen molar-refractivity contribution in [2.45, 2.75) is 26.2 Å². The highest BCUT2D eigenvalue weighted by Gasteiger charge is 2.20. The van der Waals surface area contributed by atoms with Gasteiger partial charge in [0.05, 0.1) is 23.6 Å². The van der Waals surface area contributed by atoms with Gasteiger partial charge in [-0.1, -0.05) is 56.7 Å². The van der Waals surface area contributed by atoms with Crippen LogP contribution in [0.5, 0.6) is 5.75 Å². The number of methoxy groups -OCH3 is 1. The van der Waals surface area contributed by atoms with Crippen LogP contribution in [-0.2, 0) is 5.41 Å². The van der Waals surface area contributed by atoms with Crippen LogP contribution in [0.15, 0.2) is 67.0 Å². The van der Waals surface area contributed by atoms with Crippen LogP contribution in [-0.4, -0.2) is 22.1 Å². The normalized spacial score (nSPS) is 10.6. The molecule has 32 heavy (non-hydrogen) atoms. The Balaban J connectivity index is 1.85. The highest BCUT2D eigenvalue weighted by Crippen LogP contribution is 2.24. The average Bonchev–Trinajstić information content (AvgIpc) is 2.81. The molecular weight excluding hydrogens is 394 g/mol. The van der Waals surface area contributed by atoms with Crippen LogP contribution < -0.4 is 4.74 Å². The third-order valence-electron chi connectivity index (χ3n) is 4.81. The van der Waals surface area contributed by atoms with Crippen molar-refractivity contribution < 1.29 is 4.74 Å². The van der Waals surface area contributed by atoms with E-state index in [2.05, 4.69) is 49.4 Å². The third kappa shape index (κ3) is 4.77. The quantitative estimate of drug-likeness (QED) is 0.403. The summed E-state index contributed by atoms with van der Waals surface area (Å²) in [5, 5.41) is 0.794. The molecule has 2 aromatic heterocycles. The van der Waals surface area contributed by atoms with Crippen molar-refractivity contribution in [3.63, 3.8) is 0 Å². The minimum Gasteiger partial charge on any atom is -0.497 e. The first-order chi connectivity index (χ1) is 15.4. The lowest BCUT2D eigenvalue weighted by Crippen LogP contribution is -2.17. The molecule has 0 spiro atoms. The SMILES string of the molecule is COc1ccc(C#Cc2cncc3c(C#Cc4ccccc4)nc(C(C)(C)C)nc23)cc1. The molecular formula is C28H23N3O. The summed E-state index contributed by atoms with van der Waals surface area (Å²) in [5.41, 5.74) is 3.75. The van der Waals surface area contributed by atoms with Gasteiger partial charge in [-0.15, -0.1) is 0 Å². The van der Waals surface area contributed by atoms with E-state index < -0.39 is 0 Å². The van der Waals surface area contributed by atoms with Crippen LogP contribution in [0.1, 0.15) is 49.0 Å². The Bertz CT molecular complexity index is 1380. The van der Waals surface area contributed by atoms with Crippen LogP contribution in [0.3, 0.4) is 0 Å². The summed E-state index contributed by atoms with van der Waals surface area (Å²) in [6.45, 7) is 6.27. The number of fused-ring (bicyclic) bond motifs is 1. The van der Waals surface area contributed by atoms with Gasteiger partial charge in [0.2, 0.25) is 0 Å². The van der Waals surface area contributed by atoms with Crippen molar-refractivity contribution in [1.82, 2.24) is 15.0 Å². The number of rotatable bonds is 1. The second-order valence-electron chi connectivity index (χ2n) is 8.32. The van der Waals surface area contributed by atoms with E-state index in [1.54, 1.807) is 19.5 Å². The van der Waals surface area contributed by atoms with Crippen molar-refractivity contribution in [3.05, 3.63) is 95.2 Å². The van der Waals surface area contributed by atoms with E-state index in [0.29, 0.717) is 5.69 Å². The van der Waals surface area contributed by atoms with E-state index in [4.69, 9.17) is 14.7 Å². The Labute approximate surface area is 188 Å². The first-order valence-electron chi connectivity index (χ1n) is 10.3. The van der Waals surface area contributed by atoms with Gasteiger partial charge in [0, 0.05) is 28.9 Å². The van der Waals surface area contributed by atoms with Gasteiger partial charge in [-0.2, -0.15) is 0 Å². The van der Waals surface area contributed by atoms with Crippen molar-refractivity contribution in [2.24, 2.45) is 0 Å². The van der Waals surface area contributed by atoms with Gasteiger partial charge in [-0.25, -0.2) is 9.97 Å². The molecule has 0 saturated carbocycles. The zero-order chi connectivity index (χ0) is 22.6. The molecule has 4 heteroatoms. The Hall–Kier alpha value is -4.15. The van der Waals surface area contributed by atoms with Gasteiger partial charge in [-0.3, -0.25) is 4.98 Å². The van der Waals surface area contributed by atoms with Crippen LogP contribution in [0.25, 0.3) is 10.9 Å². The van der Waals surface area contributed by atoms with Gasteiger partial charge < -0.3 is 4.74 Å². The number of ether oxygens (including phenoxy) is 1. The molecule has 0 bridgehead atoms. The average molecular weight is 418 g/mol. The molecule has 4 rings (SSSR count). The smallest absolute Gasteiger partial charge is 0.135 e. The molecule has 156 valence electrons. The second-order valence-corrected chi connectivity index (χ2v) is 8.32. The van der Waals surface area contributed by atoms with Gasteiger partial charge in [0.15, 0.2) is 0 Å². The molecule has 4 nitrogen and oxygen atoms in total. The number of aromatic nitrogens is 3. The van der Waals surface area contributed by atoms with E-state index >= 15 is 0 Å². The molecule has 0 aliphatic heterocycles. The summed E-state index contributed by atoms with van der Waals surface area (Å²) in [7, 11) is 1.65. The highest BCUT2D eigenvalue weighted by molar-refractivity contribution is 5.87. The molecule has 0 amide bonds. The Morgan fingerprint density at radius 2 is 1.44 bits per heavy atom. The highest BCUT2D eigenvalue weighted by atomic mass is 16.5. The fourth-order valence-corrected chi connectivity index (χ4v) is 3.03. The minimum atomic E-state index is -0.235. The fraction of sp³-hybridized carbons (Fsp3) is 0.179. The molecule has 2 heterocycles. The third-order valence-corrected chi connectivity index (χ3v) is 4.81. The van der Waals surface area contributed by atoms with Crippen LogP contribution >= 0.6 is 0 Å². The summed E-state index contributed by atoms with van der Waals surface area (Å²) in [5.74, 6) is 14.4. The zero-order valence-electron chi connectivity index (χ0n) is 18.6. The van der Waals surface area contributed by atoms with Crippen molar-refractivity contribution in [3.8, 4) is 29.4 Å². The molecule has 0 N–H and O–H groups in total. The lowest BCUT2D eigenvalue weighted by atomic mass is 9.95. The van der Waals surface area contributed by atoms with Crippen LogP contribution in [0.2, 0.25) is 0 Å². The standard InChI is InChI=1S/C28H23N3O/c1-28(2,3)27-30-25(17-13-20-8-6-5-7-9-20)24-19-29-18-22(26(24)31-27)14-10-21-11-15-23(32-4)16-12-21/h5-9,11-12,15-16,18-19H,1-4H3. The lowest BCUT2D eigenvalue weighted by molar-refractivity contribution is 0.415. The first kappa shape index (κ1) is 21.1. The van der Waals surface area contributed by atoms with Crippen molar-refractivity contribution in [1.29, 1.82) is 0 Å². The monoisotopic (exact) mass is 417 g/mol. The molecule has 0 aliphatic rings. The summed E-state index contributed by atoms with van der Waals surface area (Å²) in [6, 6.07) is 17.5.